The molecule has 0 aromatic heterocycles. The average Bonchev–Trinajstić information content (AvgIpc) is 2.79. The molecular weight excluding hydrogens is 442 g/mol. The standard InChI is InChI=1S/C20H25N3O6S2/c24-20(21-11-10-17-4-2-1-3-5-17)16-22-30(25,26)18-6-8-19(9-7-18)31(27,28)23-12-14-29-15-13-23/h1-9,22H,10-16H2,(H,21,24). The molecule has 0 atom stereocenters. The van der Waals surface area contributed by atoms with Crippen LogP contribution in [0.25, 0.3) is 0 Å². The summed E-state index contributed by atoms with van der Waals surface area (Å²) in [6.07, 6.45) is 0.637. The van der Waals surface area contributed by atoms with E-state index < -0.39 is 32.5 Å². The van der Waals surface area contributed by atoms with E-state index in [0.717, 1.165) is 5.56 Å². The zero-order chi connectivity index (χ0) is 22.3. The van der Waals surface area contributed by atoms with Gasteiger partial charge in [-0.25, -0.2) is 21.6 Å². The largest absolute Gasteiger partial charge is 0.379 e. The van der Waals surface area contributed by atoms with Crippen LogP contribution in [0.4, 0.5) is 0 Å². The second kappa shape index (κ2) is 10.3. The van der Waals surface area contributed by atoms with E-state index in [2.05, 4.69) is 10.0 Å². The molecule has 0 bridgehead atoms. The Labute approximate surface area is 182 Å². The Morgan fingerprint density at radius 1 is 0.903 bits per heavy atom. The molecule has 0 saturated carbocycles. The molecule has 2 aromatic carbocycles. The summed E-state index contributed by atoms with van der Waals surface area (Å²) >= 11 is 0. The first-order valence-corrected chi connectivity index (χ1v) is 12.7. The molecular formula is C20H25N3O6S2. The third kappa shape index (κ3) is 6.34. The van der Waals surface area contributed by atoms with E-state index in [1.165, 1.54) is 28.6 Å². The third-order valence-corrected chi connectivity index (χ3v) is 8.07. The van der Waals surface area contributed by atoms with Gasteiger partial charge in [-0.3, -0.25) is 4.79 Å². The van der Waals surface area contributed by atoms with Crippen LogP contribution in [0.1, 0.15) is 5.56 Å². The van der Waals surface area contributed by atoms with Gasteiger partial charge >= 0.3 is 0 Å². The molecule has 31 heavy (non-hydrogen) atoms. The summed E-state index contributed by atoms with van der Waals surface area (Å²) in [6, 6.07) is 14.5. The molecule has 1 amide bonds. The van der Waals surface area contributed by atoms with Crippen molar-refractivity contribution in [1.29, 1.82) is 0 Å². The van der Waals surface area contributed by atoms with Crippen LogP contribution in [-0.4, -0.2) is 66.4 Å². The van der Waals surface area contributed by atoms with Crippen LogP contribution in [-0.2, 0) is 36.0 Å². The van der Waals surface area contributed by atoms with Gasteiger partial charge in [0.1, 0.15) is 0 Å². The van der Waals surface area contributed by atoms with Crippen LogP contribution in [0.15, 0.2) is 64.4 Å². The molecule has 11 heteroatoms. The number of hydrogen-bond acceptors (Lipinski definition) is 6. The van der Waals surface area contributed by atoms with E-state index in [9.17, 15) is 21.6 Å². The Kier molecular flexibility index (Phi) is 7.79. The quantitative estimate of drug-likeness (QED) is 0.549. The van der Waals surface area contributed by atoms with Crippen molar-refractivity contribution in [2.75, 3.05) is 39.4 Å². The maximum atomic E-state index is 12.6. The highest BCUT2D eigenvalue weighted by Crippen LogP contribution is 2.19. The second-order valence-electron chi connectivity index (χ2n) is 6.90. The predicted octanol–water partition coefficient (Wildman–Crippen LogP) is 0.345. The summed E-state index contributed by atoms with van der Waals surface area (Å²) in [5, 5.41) is 2.66. The van der Waals surface area contributed by atoms with Gasteiger partial charge in [-0.05, 0) is 36.2 Å². The second-order valence-corrected chi connectivity index (χ2v) is 10.6. The van der Waals surface area contributed by atoms with E-state index in [1.807, 2.05) is 30.3 Å². The fraction of sp³-hybridized carbons (Fsp3) is 0.350. The van der Waals surface area contributed by atoms with Crippen molar-refractivity contribution in [2.24, 2.45) is 0 Å². The number of nitrogens with zero attached hydrogens (tertiary/aromatic N) is 1. The molecule has 9 nitrogen and oxygen atoms in total. The maximum absolute atomic E-state index is 12.6. The number of ether oxygens (including phenoxy) is 1. The van der Waals surface area contributed by atoms with Gasteiger partial charge in [-0.1, -0.05) is 30.3 Å². The van der Waals surface area contributed by atoms with E-state index in [0.29, 0.717) is 26.2 Å². The van der Waals surface area contributed by atoms with Crippen molar-refractivity contribution in [3.05, 3.63) is 60.2 Å². The molecule has 2 aromatic rings. The minimum atomic E-state index is -3.96. The number of nitrogens with one attached hydrogen (secondary N) is 2. The number of carbonyl (C=O) groups is 1. The van der Waals surface area contributed by atoms with Gasteiger partial charge in [0.25, 0.3) is 0 Å². The average molecular weight is 468 g/mol. The van der Waals surface area contributed by atoms with E-state index in [-0.39, 0.29) is 22.9 Å². The minimum absolute atomic E-state index is 0.00649. The van der Waals surface area contributed by atoms with Crippen molar-refractivity contribution >= 4 is 26.0 Å². The number of sulfonamides is 2. The van der Waals surface area contributed by atoms with Gasteiger partial charge in [0.2, 0.25) is 26.0 Å². The smallest absolute Gasteiger partial charge is 0.243 e. The Bertz CT molecular complexity index is 1080. The van der Waals surface area contributed by atoms with Crippen LogP contribution >= 0.6 is 0 Å². The van der Waals surface area contributed by atoms with Crippen LogP contribution < -0.4 is 10.0 Å². The lowest BCUT2D eigenvalue weighted by Gasteiger charge is -2.26. The number of rotatable bonds is 9. The van der Waals surface area contributed by atoms with Crippen LogP contribution in [0.5, 0.6) is 0 Å². The molecule has 1 aliphatic rings. The number of benzene rings is 2. The highest BCUT2D eigenvalue weighted by atomic mass is 32.2. The molecule has 0 radical (unpaired) electrons. The summed E-state index contributed by atoms with van der Waals surface area (Å²) in [7, 11) is -7.67. The topological polar surface area (TPSA) is 122 Å². The van der Waals surface area contributed by atoms with Gasteiger partial charge in [-0.2, -0.15) is 4.31 Å². The molecule has 2 N–H and O–H groups in total. The summed E-state index contributed by atoms with van der Waals surface area (Å²) in [5.74, 6) is -0.453. The van der Waals surface area contributed by atoms with Crippen molar-refractivity contribution in [2.45, 2.75) is 16.2 Å². The Morgan fingerprint density at radius 3 is 2.16 bits per heavy atom. The number of morpholine rings is 1. The van der Waals surface area contributed by atoms with Gasteiger partial charge in [-0.15, -0.1) is 0 Å². The number of amides is 1. The minimum Gasteiger partial charge on any atom is -0.379 e. The van der Waals surface area contributed by atoms with Gasteiger partial charge in [0, 0.05) is 19.6 Å². The lowest BCUT2D eigenvalue weighted by atomic mass is 10.1. The van der Waals surface area contributed by atoms with Gasteiger partial charge < -0.3 is 10.1 Å². The van der Waals surface area contributed by atoms with Gasteiger partial charge in [0.05, 0.1) is 29.5 Å². The summed E-state index contributed by atoms with van der Waals surface area (Å²) < 4.78 is 58.8. The predicted molar refractivity (Wildman–Crippen MR) is 114 cm³/mol. The molecule has 168 valence electrons. The first-order valence-electron chi connectivity index (χ1n) is 9.77. The zero-order valence-corrected chi connectivity index (χ0v) is 18.5. The number of hydrogen-bond donors (Lipinski definition) is 2. The summed E-state index contributed by atoms with van der Waals surface area (Å²) in [5.41, 5.74) is 1.07. The Hall–Kier alpha value is -2.31. The molecule has 0 aliphatic carbocycles. The molecule has 1 aliphatic heterocycles. The van der Waals surface area contributed by atoms with Crippen molar-refractivity contribution in [3.8, 4) is 0 Å². The summed E-state index contributed by atoms with van der Waals surface area (Å²) in [6.45, 7) is 1.13. The Morgan fingerprint density at radius 2 is 1.52 bits per heavy atom. The molecule has 1 saturated heterocycles. The SMILES string of the molecule is O=C(CNS(=O)(=O)c1ccc(S(=O)(=O)N2CCOCC2)cc1)NCCc1ccccc1. The molecule has 1 fully saturated rings. The van der Waals surface area contributed by atoms with E-state index in [4.69, 9.17) is 4.74 Å². The Balaban J connectivity index is 1.53. The molecule has 0 unspecified atom stereocenters. The monoisotopic (exact) mass is 467 g/mol. The summed E-state index contributed by atoms with van der Waals surface area (Å²) in [4.78, 5) is 11.8. The first-order chi connectivity index (χ1) is 14.8. The zero-order valence-electron chi connectivity index (χ0n) is 16.9. The molecule has 1 heterocycles. The molecule has 0 spiro atoms. The van der Waals surface area contributed by atoms with Crippen molar-refractivity contribution < 1.29 is 26.4 Å². The van der Waals surface area contributed by atoms with Gasteiger partial charge in [0.15, 0.2) is 0 Å². The number of carbonyl (C=O) groups excluding carboxylic acids is 1. The first kappa shape index (κ1) is 23.4. The maximum Gasteiger partial charge on any atom is 0.243 e. The highest BCUT2D eigenvalue weighted by molar-refractivity contribution is 7.89. The lowest BCUT2D eigenvalue weighted by molar-refractivity contribution is -0.119. The normalized spacial score (nSPS) is 15.5. The van der Waals surface area contributed by atoms with Crippen LogP contribution in [0, 0.1) is 0 Å². The highest BCUT2D eigenvalue weighted by Gasteiger charge is 2.26. The lowest BCUT2D eigenvalue weighted by Crippen LogP contribution is -2.40. The fourth-order valence-corrected chi connectivity index (χ4v) is 5.41. The fourth-order valence-electron chi connectivity index (χ4n) is 3.02. The van der Waals surface area contributed by atoms with Crippen molar-refractivity contribution in [1.82, 2.24) is 14.3 Å². The van der Waals surface area contributed by atoms with E-state index in [1.54, 1.807) is 0 Å². The molecule has 3 rings (SSSR count). The van der Waals surface area contributed by atoms with E-state index >= 15 is 0 Å². The van der Waals surface area contributed by atoms with Crippen LogP contribution in [0.2, 0.25) is 0 Å². The third-order valence-electron chi connectivity index (χ3n) is 4.74. The van der Waals surface area contributed by atoms with Crippen molar-refractivity contribution in [3.63, 3.8) is 0 Å². The van der Waals surface area contributed by atoms with Crippen LogP contribution in [0.3, 0.4) is 0 Å².